The van der Waals surface area contributed by atoms with E-state index in [4.69, 9.17) is 5.10 Å². The highest BCUT2D eigenvalue weighted by Gasteiger charge is 2.33. The first kappa shape index (κ1) is 39.8. The first-order valence-corrected chi connectivity index (χ1v) is 24.1. The number of aromatic amines is 2. The minimum absolute atomic E-state index is 0.109. The third kappa shape index (κ3) is 7.36. The number of nitrogens with zero attached hydrogens (tertiary/aromatic N) is 5. The van der Waals surface area contributed by atoms with Gasteiger partial charge < -0.3 is 14.5 Å². The largest absolute Gasteiger partial charge is 0.361 e. The van der Waals surface area contributed by atoms with Crippen LogP contribution in [0.15, 0.2) is 113 Å². The number of H-pyrrole nitrogens is 2. The maximum Gasteiger partial charge on any atom is 0.240 e. The molecule has 0 amide bonds. The van der Waals surface area contributed by atoms with Crippen LogP contribution in [0.5, 0.6) is 0 Å². The van der Waals surface area contributed by atoms with Crippen molar-refractivity contribution in [2.24, 2.45) is 14.1 Å². The number of para-hydroxylation sites is 1. The molecule has 15 heteroatoms. The van der Waals surface area contributed by atoms with E-state index in [0.29, 0.717) is 6.04 Å². The Kier molecular flexibility index (Phi) is 10.2. The van der Waals surface area contributed by atoms with Gasteiger partial charge in [0.25, 0.3) is 0 Å². The van der Waals surface area contributed by atoms with E-state index in [1.807, 2.05) is 61.2 Å². The van der Waals surface area contributed by atoms with Crippen molar-refractivity contribution in [2.45, 2.75) is 60.5 Å². The van der Waals surface area contributed by atoms with Crippen molar-refractivity contribution in [1.29, 1.82) is 0 Å². The van der Waals surface area contributed by atoms with E-state index in [0.717, 1.165) is 111 Å². The van der Waals surface area contributed by atoms with Gasteiger partial charge in [0.2, 0.25) is 20.0 Å². The SMILES string of the molecule is C[C@@H]1CCCN1[C@H](CNS(=O)(=O)c1ccc2cc(-c3ccc4c([C@@H](CNS(=O)(=O)c5ccc6cc[nH]c6c5)N5CCCC5)nn(C)c4c3)[nH]c2c1)c1cn(C)c2ccccc12. The van der Waals surface area contributed by atoms with Crippen molar-refractivity contribution in [3.05, 3.63) is 115 Å². The van der Waals surface area contributed by atoms with Gasteiger partial charge in [0.1, 0.15) is 0 Å². The normalized spacial score (nSPS) is 18.0. The van der Waals surface area contributed by atoms with Crippen LogP contribution in [-0.4, -0.2) is 89.7 Å². The molecular weight excluding hydrogens is 807 g/mol. The van der Waals surface area contributed by atoms with Gasteiger partial charge in [-0.05, 0) is 112 Å². The first-order valence-electron chi connectivity index (χ1n) is 21.1. The van der Waals surface area contributed by atoms with E-state index in [-0.39, 0.29) is 35.0 Å². The molecule has 2 fully saturated rings. The van der Waals surface area contributed by atoms with Crippen molar-refractivity contribution >= 4 is 63.7 Å². The Morgan fingerprint density at radius 2 is 1.46 bits per heavy atom. The molecule has 10 rings (SSSR count). The molecule has 2 aliphatic rings. The van der Waals surface area contributed by atoms with Crippen LogP contribution >= 0.6 is 0 Å². The van der Waals surface area contributed by atoms with E-state index >= 15 is 0 Å². The molecule has 0 radical (unpaired) electrons. The molecule has 0 aliphatic carbocycles. The molecule has 4 N–H and O–H groups in total. The highest BCUT2D eigenvalue weighted by Crippen LogP contribution is 2.36. The van der Waals surface area contributed by atoms with Gasteiger partial charge in [-0.3, -0.25) is 14.5 Å². The average molecular weight is 858 g/mol. The summed E-state index contributed by atoms with van der Waals surface area (Å²) < 4.78 is 65.0. The Morgan fingerprint density at radius 3 is 2.21 bits per heavy atom. The highest BCUT2D eigenvalue weighted by atomic mass is 32.2. The molecule has 4 aromatic heterocycles. The molecule has 4 aromatic carbocycles. The molecule has 2 saturated heterocycles. The number of sulfonamides is 2. The minimum Gasteiger partial charge on any atom is -0.361 e. The van der Waals surface area contributed by atoms with Gasteiger partial charge in [-0.1, -0.05) is 42.5 Å². The molecule has 0 unspecified atom stereocenters. The number of hydrogen-bond acceptors (Lipinski definition) is 7. The summed E-state index contributed by atoms with van der Waals surface area (Å²) in [5.41, 5.74) is 7.27. The molecule has 61 heavy (non-hydrogen) atoms. The molecule has 13 nitrogen and oxygen atoms in total. The van der Waals surface area contributed by atoms with Gasteiger partial charge in [-0.15, -0.1) is 0 Å². The quantitative estimate of drug-likeness (QED) is 0.0949. The van der Waals surface area contributed by atoms with E-state index < -0.39 is 20.0 Å². The van der Waals surface area contributed by atoms with Gasteiger partial charge in [-0.25, -0.2) is 26.3 Å². The summed E-state index contributed by atoms with van der Waals surface area (Å²) in [5, 5.41) is 8.95. The zero-order chi connectivity index (χ0) is 42.0. The predicted molar refractivity (Wildman–Crippen MR) is 241 cm³/mol. The van der Waals surface area contributed by atoms with Crippen LogP contribution in [-0.2, 0) is 34.1 Å². The Morgan fingerprint density at radius 1 is 0.738 bits per heavy atom. The molecule has 2 aliphatic heterocycles. The van der Waals surface area contributed by atoms with Crippen molar-refractivity contribution < 1.29 is 16.8 Å². The van der Waals surface area contributed by atoms with Crippen LogP contribution in [0.25, 0.3) is 54.9 Å². The Hall–Kier alpha value is -5.29. The second-order valence-electron chi connectivity index (χ2n) is 16.8. The summed E-state index contributed by atoms with van der Waals surface area (Å²) in [6.45, 7) is 5.32. The van der Waals surface area contributed by atoms with Crippen LogP contribution in [0.1, 0.15) is 55.9 Å². The predicted octanol–water partition coefficient (Wildman–Crippen LogP) is 7.31. The summed E-state index contributed by atoms with van der Waals surface area (Å²) in [6.07, 6.45) is 8.22. The van der Waals surface area contributed by atoms with E-state index in [1.54, 1.807) is 30.5 Å². The minimum atomic E-state index is -3.85. The second-order valence-corrected chi connectivity index (χ2v) is 20.4. The van der Waals surface area contributed by atoms with E-state index in [1.165, 1.54) is 0 Å². The lowest BCUT2D eigenvalue weighted by atomic mass is 10.0. The zero-order valence-electron chi connectivity index (χ0n) is 34.6. The lowest BCUT2D eigenvalue weighted by molar-refractivity contribution is 0.193. The number of likely N-dealkylation sites (tertiary alicyclic amines) is 2. The van der Waals surface area contributed by atoms with Crippen molar-refractivity contribution in [3.8, 4) is 11.3 Å². The molecule has 0 spiro atoms. The Balaban J connectivity index is 0.902. The number of hydrogen-bond donors (Lipinski definition) is 4. The number of aromatic nitrogens is 5. The van der Waals surface area contributed by atoms with Crippen molar-refractivity contribution in [2.75, 3.05) is 32.7 Å². The standard InChI is InChI=1S/C46H51N9O4S2/c1-30-9-8-22-55(30)44(38-29-52(2)42-11-5-4-10-36(38)42)27-48-61(58,59)35-16-13-32-23-40(50-41(32)26-35)33-14-17-37-43(24-33)53(3)51-46(37)45(54-20-6-7-21-54)28-49-60(56,57)34-15-12-31-18-19-47-39(31)25-34/h4-5,10-19,23-26,29-30,44-45,47-50H,6-9,20-22,27-28H2,1-3H3/t30-,44-,45-/m1/s1. The summed E-state index contributed by atoms with van der Waals surface area (Å²) in [4.78, 5) is 11.8. The summed E-state index contributed by atoms with van der Waals surface area (Å²) in [5.74, 6) is 0. The number of rotatable bonds is 13. The lowest BCUT2D eigenvalue weighted by Gasteiger charge is -2.31. The zero-order valence-corrected chi connectivity index (χ0v) is 36.2. The van der Waals surface area contributed by atoms with Crippen LogP contribution < -0.4 is 9.44 Å². The molecule has 6 heterocycles. The second kappa shape index (κ2) is 15.6. The summed E-state index contributed by atoms with van der Waals surface area (Å²) >= 11 is 0. The number of nitrogens with one attached hydrogen (secondary N) is 4. The smallest absolute Gasteiger partial charge is 0.240 e. The summed E-state index contributed by atoms with van der Waals surface area (Å²) in [7, 11) is -3.68. The molecule has 0 bridgehead atoms. The third-order valence-corrected chi connectivity index (χ3v) is 15.9. The molecule has 0 saturated carbocycles. The van der Waals surface area contributed by atoms with Crippen molar-refractivity contribution in [3.63, 3.8) is 0 Å². The van der Waals surface area contributed by atoms with Crippen LogP contribution in [0, 0.1) is 0 Å². The van der Waals surface area contributed by atoms with Gasteiger partial charge >= 0.3 is 0 Å². The fourth-order valence-corrected chi connectivity index (χ4v) is 11.9. The first-order chi connectivity index (χ1) is 29.4. The monoisotopic (exact) mass is 857 g/mol. The number of fused-ring (bicyclic) bond motifs is 4. The van der Waals surface area contributed by atoms with E-state index in [9.17, 15) is 16.8 Å². The maximum absolute atomic E-state index is 14.0. The van der Waals surface area contributed by atoms with Gasteiger partial charge in [0, 0.05) is 89.6 Å². The fourth-order valence-electron chi connectivity index (χ4n) is 9.78. The van der Waals surface area contributed by atoms with Crippen LogP contribution in [0.4, 0.5) is 0 Å². The number of aryl methyl sites for hydroxylation is 2. The molecule has 8 aromatic rings. The average Bonchev–Trinajstić information content (AvgIpc) is 4.13. The fraction of sp³-hybridized carbons (Fsp3) is 0.326. The van der Waals surface area contributed by atoms with Gasteiger partial charge in [-0.2, -0.15) is 5.10 Å². The van der Waals surface area contributed by atoms with Crippen molar-refractivity contribution in [1.82, 2.24) is 43.6 Å². The Labute approximate surface area is 355 Å². The maximum atomic E-state index is 14.0. The number of benzene rings is 4. The van der Waals surface area contributed by atoms with Crippen LogP contribution in [0.3, 0.4) is 0 Å². The third-order valence-electron chi connectivity index (χ3n) is 13.1. The highest BCUT2D eigenvalue weighted by molar-refractivity contribution is 7.89. The van der Waals surface area contributed by atoms with Gasteiger partial charge in [0.15, 0.2) is 0 Å². The topological polar surface area (TPSA) is 153 Å². The summed E-state index contributed by atoms with van der Waals surface area (Å²) in [6, 6.07) is 28.8. The molecule has 316 valence electrons. The Bertz CT molecular complexity index is 3160. The lowest BCUT2D eigenvalue weighted by Crippen LogP contribution is -2.39. The van der Waals surface area contributed by atoms with Crippen LogP contribution in [0.2, 0.25) is 0 Å². The van der Waals surface area contributed by atoms with E-state index in [2.05, 4.69) is 71.2 Å². The van der Waals surface area contributed by atoms with Gasteiger partial charge in [0.05, 0.1) is 33.1 Å². The molecular formula is C46H51N9O4S2. The molecule has 3 atom stereocenters.